The lowest BCUT2D eigenvalue weighted by molar-refractivity contribution is -0.128. The third-order valence-electron chi connectivity index (χ3n) is 5.72. The predicted molar refractivity (Wildman–Crippen MR) is 123 cm³/mol. The number of benzene rings is 3. The van der Waals surface area contributed by atoms with Crippen molar-refractivity contribution in [2.45, 2.75) is 38.9 Å². The maximum absolute atomic E-state index is 13.2. The second-order valence-electron chi connectivity index (χ2n) is 8.07. The van der Waals surface area contributed by atoms with E-state index >= 15 is 0 Å². The van der Waals surface area contributed by atoms with Crippen molar-refractivity contribution in [3.05, 3.63) is 101 Å². The Kier molecular flexibility index (Phi) is 6.14. The fourth-order valence-corrected chi connectivity index (χ4v) is 3.99. The number of hydrogen-bond acceptors (Lipinski definition) is 3. The molecule has 0 fully saturated rings. The Morgan fingerprint density at radius 2 is 1.65 bits per heavy atom. The highest BCUT2D eigenvalue weighted by Crippen LogP contribution is 2.21. The monoisotopic (exact) mass is 413 g/mol. The molecule has 0 saturated carbocycles. The first-order chi connectivity index (χ1) is 15.0. The van der Waals surface area contributed by atoms with Crippen molar-refractivity contribution < 1.29 is 9.59 Å². The molecule has 2 amide bonds. The van der Waals surface area contributed by atoms with Gasteiger partial charge in [-0.3, -0.25) is 9.59 Å². The number of amides is 2. The molecule has 158 valence electrons. The number of aryl methyl sites for hydroxylation is 2. The van der Waals surface area contributed by atoms with Gasteiger partial charge in [-0.05, 0) is 48.6 Å². The fourth-order valence-electron chi connectivity index (χ4n) is 3.99. The average Bonchev–Trinajstić information content (AvgIpc) is 2.79. The summed E-state index contributed by atoms with van der Waals surface area (Å²) in [6, 6.07) is 22.2. The smallest absolute Gasteiger partial charge is 0.251 e. The lowest BCUT2D eigenvalue weighted by Gasteiger charge is -2.27. The summed E-state index contributed by atoms with van der Waals surface area (Å²) < 4.78 is 0. The Labute approximate surface area is 182 Å². The maximum Gasteiger partial charge on any atom is 0.251 e. The standard InChI is InChI=1S/C26H27N3O2/c1-17-12-13-22(18(2)14-17)28-26(31)24(19-8-4-3-5-9-19)29-25(30)23-15-20-10-6-7-11-21(20)16-27-23/h3-14,23-24,27H,15-16H2,1-2H3,(H,28,31)(H,29,30)/t23-,24+/m0/s1. The van der Waals surface area contributed by atoms with Crippen LogP contribution in [-0.2, 0) is 22.6 Å². The highest BCUT2D eigenvalue weighted by molar-refractivity contribution is 5.99. The van der Waals surface area contributed by atoms with Crippen molar-refractivity contribution in [1.29, 1.82) is 0 Å². The summed E-state index contributed by atoms with van der Waals surface area (Å²) in [5.74, 6) is -0.443. The van der Waals surface area contributed by atoms with Crippen LogP contribution in [0.15, 0.2) is 72.8 Å². The summed E-state index contributed by atoms with van der Waals surface area (Å²) in [6.07, 6.45) is 0.599. The minimum Gasteiger partial charge on any atom is -0.339 e. The highest BCUT2D eigenvalue weighted by Gasteiger charge is 2.29. The summed E-state index contributed by atoms with van der Waals surface area (Å²) in [6.45, 7) is 4.61. The minimum absolute atomic E-state index is 0.181. The van der Waals surface area contributed by atoms with E-state index in [1.807, 2.05) is 74.5 Å². The van der Waals surface area contributed by atoms with Gasteiger partial charge in [0.1, 0.15) is 6.04 Å². The first-order valence-electron chi connectivity index (χ1n) is 10.5. The SMILES string of the molecule is Cc1ccc(NC(=O)[C@H](NC(=O)[C@@H]2Cc3ccccc3CN2)c2ccccc2)c(C)c1. The number of carbonyl (C=O) groups excluding carboxylic acids is 2. The normalized spacial score (nSPS) is 16.1. The molecule has 3 aromatic carbocycles. The zero-order chi connectivity index (χ0) is 21.8. The summed E-state index contributed by atoms with van der Waals surface area (Å²) in [7, 11) is 0. The van der Waals surface area contributed by atoms with Crippen LogP contribution in [0.25, 0.3) is 0 Å². The van der Waals surface area contributed by atoms with Crippen LogP contribution >= 0.6 is 0 Å². The van der Waals surface area contributed by atoms with Crippen LogP contribution in [0.1, 0.15) is 33.9 Å². The Morgan fingerprint density at radius 1 is 0.935 bits per heavy atom. The first-order valence-corrected chi connectivity index (χ1v) is 10.5. The van der Waals surface area contributed by atoms with E-state index in [0.717, 1.165) is 27.9 Å². The first kappa shape index (κ1) is 20.8. The molecular weight excluding hydrogens is 386 g/mol. The Morgan fingerprint density at radius 3 is 2.39 bits per heavy atom. The quantitative estimate of drug-likeness (QED) is 0.596. The number of carbonyl (C=O) groups is 2. The van der Waals surface area contributed by atoms with Crippen molar-refractivity contribution in [2.75, 3.05) is 5.32 Å². The van der Waals surface area contributed by atoms with Crippen molar-refractivity contribution in [2.24, 2.45) is 0 Å². The van der Waals surface area contributed by atoms with Crippen LogP contribution in [-0.4, -0.2) is 17.9 Å². The fraction of sp³-hybridized carbons (Fsp3) is 0.231. The molecule has 0 unspecified atom stereocenters. The van der Waals surface area contributed by atoms with Crippen molar-refractivity contribution in [3.63, 3.8) is 0 Å². The minimum atomic E-state index is -0.784. The summed E-state index contributed by atoms with van der Waals surface area (Å²) in [5, 5.41) is 9.25. The van der Waals surface area contributed by atoms with E-state index in [1.165, 1.54) is 5.56 Å². The van der Waals surface area contributed by atoms with E-state index in [2.05, 4.69) is 28.1 Å². The second kappa shape index (κ2) is 9.14. The zero-order valence-electron chi connectivity index (χ0n) is 17.8. The molecular formula is C26H27N3O2. The third-order valence-corrected chi connectivity index (χ3v) is 5.72. The molecule has 5 nitrogen and oxygen atoms in total. The number of rotatable bonds is 5. The lowest BCUT2D eigenvalue weighted by Crippen LogP contribution is -2.50. The Bertz CT molecular complexity index is 1090. The molecule has 0 bridgehead atoms. The molecule has 3 aromatic rings. The lowest BCUT2D eigenvalue weighted by atomic mass is 9.95. The van der Waals surface area contributed by atoms with Crippen molar-refractivity contribution in [3.8, 4) is 0 Å². The van der Waals surface area contributed by atoms with Crippen LogP contribution in [0.5, 0.6) is 0 Å². The van der Waals surface area contributed by atoms with Gasteiger partial charge in [-0.1, -0.05) is 72.3 Å². The maximum atomic E-state index is 13.2. The van der Waals surface area contributed by atoms with Crippen LogP contribution in [0, 0.1) is 13.8 Å². The molecule has 2 atom stereocenters. The van der Waals surface area contributed by atoms with E-state index in [-0.39, 0.29) is 17.9 Å². The Hall–Kier alpha value is -3.44. The summed E-state index contributed by atoms with van der Waals surface area (Å²) >= 11 is 0. The number of anilines is 1. The van der Waals surface area contributed by atoms with Crippen LogP contribution in [0.4, 0.5) is 5.69 Å². The van der Waals surface area contributed by atoms with E-state index in [9.17, 15) is 9.59 Å². The summed E-state index contributed by atoms with van der Waals surface area (Å²) in [5.41, 5.74) is 5.98. The molecule has 0 spiro atoms. The molecule has 31 heavy (non-hydrogen) atoms. The second-order valence-corrected chi connectivity index (χ2v) is 8.07. The molecule has 4 rings (SSSR count). The topological polar surface area (TPSA) is 70.2 Å². The molecule has 5 heteroatoms. The Balaban J connectivity index is 1.53. The van der Waals surface area contributed by atoms with Gasteiger partial charge in [-0.2, -0.15) is 0 Å². The van der Waals surface area contributed by atoms with E-state index in [4.69, 9.17) is 0 Å². The van der Waals surface area contributed by atoms with Crippen LogP contribution in [0.2, 0.25) is 0 Å². The van der Waals surface area contributed by atoms with E-state index < -0.39 is 6.04 Å². The van der Waals surface area contributed by atoms with Gasteiger partial charge in [-0.15, -0.1) is 0 Å². The van der Waals surface area contributed by atoms with Crippen molar-refractivity contribution >= 4 is 17.5 Å². The van der Waals surface area contributed by atoms with Gasteiger partial charge in [0.2, 0.25) is 5.91 Å². The molecule has 0 radical (unpaired) electrons. The largest absolute Gasteiger partial charge is 0.339 e. The molecule has 0 saturated heterocycles. The third kappa shape index (κ3) is 4.84. The van der Waals surface area contributed by atoms with Gasteiger partial charge in [0.05, 0.1) is 6.04 Å². The van der Waals surface area contributed by atoms with E-state index in [0.29, 0.717) is 13.0 Å². The van der Waals surface area contributed by atoms with Crippen LogP contribution in [0.3, 0.4) is 0 Å². The molecule has 0 aromatic heterocycles. The number of fused-ring (bicyclic) bond motifs is 1. The predicted octanol–water partition coefficient (Wildman–Crippen LogP) is 3.81. The molecule has 0 aliphatic carbocycles. The van der Waals surface area contributed by atoms with E-state index in [1.54, 1.807) is 0 Å². The molecule has 3 N–H and O–H groups in total. The number of nitrogens with one attached hydrogen (secondary N) is 3. The van der Waals surface area contributed by atoms with Crippen LogP contribution < -0.4 is 16.0 Å². The van der Waals surface area contributed by atoms with Gasteiger partial charge < -0.3 is 16.0 Å². The average molecular weight is 414 g/mol. The zero-order valence-corrected chi connectivity index (χ0v) is 17.8. The molecule has 1 aliphatic heterocycles. The molecule has 1 heterocycles. The summed E-state index contributed by atoms with van der Waals surface area (Å²) in [4.78, 5) is 26.3. The van der Waals surface area contributed by atoms with Gasteiger partial charge in [-0.25, -0.2) is 0 Å². The molecule has 1 aliphatic rings. The van der Waals surface area contributed by atoms with Crippen molar-refractivity contribution in [1.82, 2.24) is 10.6 Å². The highest BCUT2D eigenvalue weighted by atomic mass is 16.2. The number of hydrogen-bond donors (Lipinski definition) is 3. The van der Waals surface area contributed by atoms with Gasteiger partial charge in [0.25, 0.3) is 5.91 Å². The van der Waals surface area contributed by atoms with Gasteiger partial charge >= 0.3 is 0 Å². The van der Waals surface area contributed by atoms with Gasteiger partial charge in [0, 0.05) is 12.2 Å². The van der Waals surface area contributed by atoms with Gasteiger partial charge in [0.15, 0.2) is 0 Å².